The highest BCUT2D eigenvalue weighted by atomic mass is 14.3. The van der Waals surface area contributed by atoms with Crippen molar-refractivity contribution in [3.8, 4) is 0 Å². The van der Waals surface area contributed by atoms with Crippen LogP contribution in [0.25, 0.3) is 35.5 Å². The second-order valence-corrected chi connectivity index (χ2v) is 15.6. The molecule has 0 atom stereocenters. The van der Waals surface area contributed by atoms with Gasteiger partial charge in [0.05, 0.1) is 0 Å². The molecule has 0 nitrogen and oxygen atoms in total. The predicted molar refractivity (Wildman–Crippen MR) is 215 cm³/mol. The van der Waals surface area contributed by atoms with E-state index in [9.17, 15) is 0 Å². The van der Waals surface area contributed by atoms with E-state index in [1.165, 1.54) is 139 Å². The molecule has 8 aromatic carbocycles. The van der Waals surface area contributed by atoms with Crippen molar-refractivity contribution in [3.05, 3.63) is 274 Å². The van der Waals surface area contributed by atoms with Crippen molar-refractivity contribution < 1.29 is 0 Å². The Balaban J connectivity index is 1.23. The summed E-state index contributed by atoms with van der Waals surface area (Å²) in [7, 11) is 0. The molecule has 8 aromatic rings. The molecule has 54 heavy (non-hydrogen) atoms. The van der Waals surface area contributed by atoms with Crippen LogP contribution >= 0.6 is 0 Å². The molecule has 0 saturated carbocycles. The second-order valence-electron chi connectivity index (χ2n) is 15.6. The van der Waals surface area contributed by atoms with Crippen molar-refractivity contribution in [3.63, 3.8) is 0 Å². The zero-order valence-corrected chi connectivity index (χ0v) is 29.2. The first-order chi connectivity index (χ1) is 26.7. The number of hydrogen-bond acceptors (Lipinski definition) is 0. The number of benzene rings is 8. The summed E-state index contributed by atoms with van der Waals surface area (Å²) in [5.74, 6) is 0. The van der Waals surface area contributed by atoms with Gasteiger partial charge in [-0.2, -0.15) is 0 Å². The van der Waals surface area contributed by atoms with E-state index in [-0.39, 0.29) is 0 Å². The van der Waals surface area contributed by atoms with E-state index in [2.05, 4.69) is 170 Å². The fourth-order valence-corrected chi connectivity index (χ4v) is 10.6. The van der Waals surface area contributed by atoms with Crippen molar-refractivity contribution in [2.75, 3.05) is 0 Å². The van der Waals surface area contributed by atoms with E-state index in [1.807, 2.05) is 0 Å². The quantitative estimate of drug-likeness (QED) is 0.155. The zero-order chi connectivity index (χ0) is 34.8. The first kappa shape index (κ1) is 27.6. The largest absolute Gasteiger partial charge is 0.0616 e. The first-order valence-electron chi connectivity index (χ1n) is 19.0. The molecule has 0 fully saturated rings. The molecule has 14 rings (SSSR count). The average molecular weight is 677 g/mol. The lowest BCUT2D eigenvalue weighted by Gasteiger charge is -2.14. The van der Waals surface area contributed by atoms with E-state index in [0.717, 1.165) is 0 Å². The third-order valence-electron chi connectivity index (χ3n) is 12.9. The molecule has 0 bridgehead atoms. The Morgan fingerprint density at radius 2 is 0.444 bits per heavy atom. The van der Waals surface area contributed by atoms with Crippen LogP contribution in [0.1, 0.15) is 44.5 Å². The Morgan fingerprint density at radius 1 is 0.204 bits per heavy atom. The van der Waals surface area contributed by atoms with Gasteiger partial charge in [-0.05, 0) is 212 Å². The molecule has 0 aromatic heterocycles. The fourth-order valence-electron chi connectivity index (χ4n) is 10.6. The SMILES string of the molecule is C1=c2ccccc2=c2cc3c(cc21)=c1cc2c(cc1C3=C1c3cc4c(cc3=c3cc5c(cc31)=c1ccccc1=C5)C=c1ccccc1=4)=c1ccccc1=C2. The van der Waals surface area contributed by atoms with Crippen LogP contribution in [-0.2, 0) is 0 Å². The third kappa shape index (κ3) is 3.36. The molecule has 6 aliphatic carbocycles. The zero-order valence-electron chi connectivity index (χ0n) is 29.2. The van der Waals surface area contributed by atoms with Gasteiger partial charge < -0.3 is 0 Å². The van der Waals surface area contributed by atoms with Crippen molar-refractivity contribution >= 4 is 35.5 Å². The lowest BCUT2D eigenvalue weighted by molar-refractivity contribution is 1.43. The summed E-state index contributed by atoms with van der Waals surface area (Å²) in [5.41, 5.74) is 13.3. The highest BCUT2D eigenvalue weighted by Crippen LogP contribution is 2.46. The van der Waals surface area contributed by atoms with Gasteiger partial charge in [0, 0.05) is 0 Å². The lowest BCUT2D eigenvalue weighted by atomic mass is 9.88. The Labute approximate surface area is 307 Å². The smallest absolute Gasteiger partial charge is 0.00134 e. The molecule has 0 heteroatoms. The number of hydrogen-bond donors (Lipinski definition) is 0. The van der Waals surface area contributed by atoms with Crippen LogP contribution in [0.5, 0.6) is 0 Å². The molecule has 0 amide bonds. The standard InChI is InChI=1S/C54H28/c1-5-13-37-29(9-1)17-33-21-45-46-22-34-18-30-10-2-6-14-38(30)42(34)26-50(46)53(49(45)25-41(33)37)54-51-27-43-35(19-31-11-3-7-15-39(31)43)23-47(51)48-24-36-20-32-12-4-8-16-40(32)44(36)28-52(48)54/h1-28H. The van der Waals surface area contributed by atoms with Gasteiger partial charge in [0.1, 0.15) is 0 Å². The van der Waals surface area contributed by atoms with Gasteiger partial charge in [-0.3, -0.25) is 0 Å². The molecule has 6 aliphatic rings. The summed E-state index contributed by atoms with van der Waals surface area (Å²) >= 11 is 0. The van der Waals surface area contributed by atoms with Gasteiger partial charge in [-0.1, -0.05) is 97.1 Å². The van der Waals surface area contributed by atoms with Crippen molar-refractivity contribution in [1.29, 1.82) is 0 Å². The minimum absolute atomic E-state index is 1.30. The molecule has 244 valence electrons. The molecule has 0 radical (unpaired) electrons. The predicted octanol–water partition coefficient (Wildman–Crippen LogP) is 7.61. The maximum atomic E-state index is 2.52. The molecule has 0 aliphatic heterocycles. The third-order valence-corrected chi connectivity index (χ3v) is 12.9. The molecule has 0 saturated heterocycles. The van der Waals surface area contributed by atoms with Crippen molar-refractivity contribution in [2.24, 2.45) is 0 Å². The summed E-state index contributed by atoms with van der Waals surface area (Å²) in [5, 5.41) is 21.1. The minimum Gasteiger partial charge on any atom is -0.0616 e. The van der Waals surface area contributed by atoms with E-state index in [1.54, 1.807) is 0 Å². The normalized spacial score (nSPS) is 14.1. The van der Waals surface area contributed by atoms with Crippen molar-refractivity contribution in [2.45, 2.75) is 0 Å². The topological polar surface area (TPSA) is 0 Å². The maximum absolute atomic E-state index is 2.52. The highest BCUT2D eigenvalue weighted by Gasteiger charge is 2.29. The van der Waals surface area contributed by atoms with Crippen LogP contribution in [0.15, 0.2) is 146 Å². The van der Waals surface area contributed by atoms with Crippen LogP contribution in [0.2, 0.25) is 0 Å². The van der Waals surface area contributed by atoms with Crippen LogP contribution in [0.4, 0.5) is 0 Å². The summed E-state index contributed by atoms with van der Waals surface area (Å²) in [6.45, 7) is 0. The van der Waals surface area contributed by atoms with Crippen LogP contribution in [-0.4, -0.2) is 0 Å². The Kier molecular flexibility index (Phi) is 4.85. The molecule has 0 unspecified atom stereocenters. The Bertz CT molecular complexity index is 3630. The van der Waals surface area contributed by atoms with Crippen LogP contribution in [0.3, 0.4) is 0 Å². The van der Waals surface area contributed by atoms with Gasteiger partial charge in [-0.15, -0.1) is 0 Å². The van der Waals surface area contributed by atoms with Gasteiger partial charge in [0.15, 0.2) is 0 Å². The van der Waals surface area contributed by atoms with Crippen LogP contribution in [0, 0.1) is 62.6 Å². The van der Waals surface area contributed by atoms with E-state index < -0.39 is 0 Å². The molecular formula is C54H28. The van der Waals surface area contributed by atoms with Gasteiger partial charge in [0.2, 0.25) is 0 Å². The van der Waals surface area contributed by atoms with Crippen molar-refractivity contribution in [1.82, 2.24) is 0 Å². The van der Waals surface area contributed by atoms with Gasteiger partial charge in [0.25, 0.3) is 0 Å². The van der Waals surface area contributed by atoms with Crippen LogP contribution < -0.4 is 20.9 Å². The molecule has 0 heterocycles. The first-order valence-corrected chi connectivity index (χ1v) is 19.0. The van der Waals surface area contributed by atoms with Gasteiger partial charge in [-0.25, -0.2) is 0 Å². The second kappa shape index (κ2) is 9.50. The molecular weight excluding hydrogens is 649 g/mol. The summed E-state index contributed by atoms with van der Waals surface area (Å²) < 4.78 is 0. The average Bonchev–Trinajstić information content (AvgIpc) is 4.04. The molecule has 0 N–H and O–H groups in total. The minimum atomic E-state index is 1.30. The Morgan fingerprint density at radius 3 is 0.704 bits per heavy atom. The molecule has 0 spiro atoms. The summed E-state index contributed by atoms with van der Waals surface area (Å²) in [6.07, 6.45) is 9.50. The monoisotopic (exact) mass is 676 g/mol. The number of fused-ring (bicyclic) bond motifs is 12. The summed E-state index contributed by atoms with van der Waals surface area (Å²) in [4.78, 5) is 0. The number of rotatable bonds is 0. The highest BCUT2D eigenvalue weighted by molar-refractivity contribution is 6.08. The van der Waals surface area contributed by atoms with E-state index in [4.69, 9.17) is 0 Å². The summed E-state index contributed by atoms with van der Waals surface area (Å²) in [6, 6.07) is 55.4. The maximum Gasteiger partial charge on any atom is -0.00134 e. The van der Waals surface area contributed by atoms with E-state index in [0.29, 0.717) is 0 Å². The lowest BCUT2D eigenvalue weighted by Crippen LogP contribution is -1.97. The van der Waals surface area contributed by atoms with E-state index >= 15 is 0 Å². The Hall–Kier alpha value is -7.02. The van der Waals surface area contributed by atoms with Gasteiger partial charge >= 0.3 is 0 Å². The fraction of sp³-hybridized carbons (Fsp3) is 0.